The maximum atomic E-state index is 11.1. The van der Waals surface area contributed by atoms with Gasteiger partial charge in [0, 0.05) is 25.1 Å². The van der Waals surface area contributed by atoms with Gasteiger partial charge in [-0.25, -0.2) is 0 Å². The smallest absolute Gasteiger partial charge is 0.246 e. The lowest BCUT2D eigenvalue weighted by Gasteiger charge is -2.04. The minimum absolute atomic E-state index is 0.0729. The van der Waals surface area contributed by atoms with Gasteiger partial charge in [0.1, 0.15) is 0 Å². The van der Waals surface area contributed by atoms with Crippen LogP contribution in [0.25, 0.3) is 0 Å². The second-order valence-electron chi connectivity index (χ2n) is 3.45. The molecule has 0 aromatic carbocycles. The standard InChI is InChI=1S/C11H20N2O2/c1-4-12-10(14)7-5-6-8-13-11(15)9(2)3/h2,4-8H2,1,3H3,(H,12,14)(H,13,15). The number of unbranched alkanes of at least 4 members (excludes halogenated alkanes) is 1. The summed E-state index contributed by atoms with van der Waals surface area (Å²) >= 11 is 0. The quantitative estimate of drug-likeness (QED) is 0.488. The average molecular weight is 212 g/mol. The first-order chi connectivity index (χ1) is 7.07. The molecule has 2 N–H and O–H groups in total. The molecule has 0 fully saturated rings. The number of hydrogen-bond donors (Lipinski definition) is 2. The Morgan fingerprint density at radius 1 is 1.20 bits per heavy atom. The monoisotopic (exact) mass is 212 g/mol. The SMILES string of the molecule is C=C(C)C(=O)NCCCCC(=O)NCC. The number of hydrogen-bond acceptors (Lipinski definition) is 2. The molecule has 2 amide bonds. The maximum absolute atomic E-state index is 11.1. The normalized spacial score (nSPS) is 9.47. The molecule has 0 aromatic rings. The van der Waals surface area contributed by atoms with E-state index < -0.39 is 0 Å². The highest BCUT2D eigenvalue weighted by atomic mass is 16.2. The van der Waals surface area contributed by atoms with Gasteiger partial charge in [0.25, 0.3) is 0 Å². The van der Waals surface area contributed by atoms with Crippen molar-refractivity contribution in [2.45, 2.75) is 33.1 Å². The van der Waals surface area contributed by atoms with E-state index in [9.17, 15) is 9.59 Å². The zero-order valence-corrected chi connectivity index (χ0v) is 9.56. The van der Waals surface area contributed by atoms with E-state index >= 15 is 0 Å². The van der Waals surface area contributed by atoms with E-state index in [1.54, 1.807) is 6.92 Å². The summed E-state index contributed by atoms with van der Waals surface area (Å²) in [5.41, 5.74) is 0.513. The highest BCUT2D eigenvalue weighted by Gasteiger charge is 2.01. The molecule has 0 saturated carbocycles. The van der Waals surface area contributed by atoms with E-state index in [-0.39, 0.29) is 11.8 Å². The molecule has 4 nitrogen and oxygen atoms in total. The maximum Gasteiger partial charge on any atom is 0.246 e. The Hall–Kier alpha value is -1.32. The van der Waals surface area contributed by atoms with Crippen molar-refractivity contribution in [3.8, 4) is 0 Å². The van der Waals surface area contributed by atoms with Crippen molar-refractivity contribution in [2.75, 3.05) is 13.1 Å². The first kappa shape index (κ1) is 13.7. The molecule has 0 saturated heterocycles. The van der Waals surface area contributed by atoms with E-state index in [4.69, 9.17) is 0 Å². The van der Waals surface area contributed by atoms with Crippen molar-refractivity contribution in [1.82, 2.24) is 10.6 Å². The van der Waals surface area contributed by atoms with E-state index in [0.717, 1.165) is 12.8 Å². The van der Waals surface area contributed by atoms with Gasteiger partial charge >= 0.3 is 0 Å². The molecular weight excluding hydrogens is 192 g/mol. The molecular formula is C11H20N2O2. The van der Waals surface area contributed by atoms with Gasteiger partial charge < -0.3 is 10.6 Å². The van der Waals surface area contributed by atoms with Crippen molar-refractivity contribution in [2.24, 2.45) is 0 Å². The van der Waals surface area contributed by atoms with Gasteiger partial charge in [0.2, 0.25) is 11.8 Å². The van der Waals surface area contributed by atoms with Gasteiger partial charge in [-0.05, 0) is 26.7 Å². The minimum atomic E-state index is -0.118. The van der Waals surface area contributed by atoms with Crippen LogP contribution in [-0.2, 0) is 9.59 Å². The molecule has 0 aliphatic carbocycles. The lowest BCUT2D eigenvalue weighted by Crippen LogP contribution is -2.25. The number of amides is 2. The van der Waals surface area contributed by atoms with Crippen molar-refractivity contribution in [3.63, 3.8) is 0 Å². The third kappa shape index (κ3) is 7.73. The number of nitrogens with one attached hydrogen (secondary N) is 2. The molecule has 15 heavy (non-hydrogen) atoms. The average Bonchev–Trinajstić information content (AvgIpc) is 2.17. The fraction of sp³-hybridized carbons (Fsp3) is 0.636. The molecule has 86 valence electrons. The first-order valence-electron chi connectivity index (χ1n) is 5.28. The Morgan fingerprint density at radius 3 is 2.40 bits per heavy atom. The fourth-order valence-electron chi connectivity index (χ4n) is 1.05. The topological polar surface area (TPSA) is 58.2 Å². The Kier molecular flexibility index (Phi) is 7.32. The Labute approximate surface area is 91.1 Å². The summed E-state index contributed by atoms with van der Waals surface area (Å²) in [7, 11) is 0. The summed E-state index contributed by atoms with van der Waals surface area (Å²) in [4.78, 5) is 22.1. The van der Waals surface area contributed by atoms with Crippen LogP contribution in [0, 0.1) is 0 Å². The molecule has 0 bridgehead atoms. The molecule has 0 aliphatic rings. The summed E-state index contributed by atoms with van der Waals surface area (Å²) in [5, 5.41) is 5.44. The lowest BCUT2D eigenvalue weighted by atomic mass is 10.2. The van der Waals surface area contributed by atoms with Gasteiger partial charge in [-0.1, -0.05) is 6.58 Å². The second-order valence-corrected chi connectivity index (χ2v) is 3.45. The zero-order valence-electron chi connectivity index (χ0n) is 9.56. The van der Waals surface area contributed by atoms with Gasteiger partial charge in [0.15, 0.2) is 0 Å². The van der Waals surface area contributed by atoms with Crippen LogP contribution in [0.1, 0.15) is 33.1 Å². The predicted octanol–water partition coefficient (Wildman–Crippen LogP) is 0.985. The van der Waals surface area contributed by atoms with E-state index in [0.29, 0.717) is 25.1 Å². The highest BCUT2D eigenvalue weighted by molar-refractivity contribution is 5.92. The third-order valence-corrected chi connectivity index (χ3v) is 1.88. The number of carbonyl (C=O) groups is 2. The molecule has 0 aliphatic heterocycles. The van der Waals surface area contributed by atoms with Crippen molar-refractivity contribution < 1.29 is 9.59 Å². The summed E-state index contributed by atoms with van der Waals surface area (Å²) in [6, 6.07) is 0. The van der Waals surface area contributed by atoms with Gasteiger partial charge in [-0.3, -0.25) is 9.59 Å². The zero-order chi connectivity index (χ0) is 11.7. The first-order valence-corrected chi connectivity index (χ1v) is 5.28. The van der Waals surface area contributed by atoms with Crippen LogP contribution in [-0.4, -0.2) is 24.9 Å². The molecule has 4 heteroatoms. The fourth-order valence-corrected chi connectivity index (χ4v) is 1.05. The van der Waals surface area contributed by atoms with Gasteiger partial charge in [-0.2, -0.15) is 0 Å². The number of carbonyl (C=O) groups excluding carboxylic acids is 2. The summed E-state index contributed by atoms with van der Waals surface area (Å²) in [5.74, 6) is -0.0447. The van der Waals surface area contributed by atoms with E-state index in [1.807, 2.05) is 6.92 Å². The largest absolute Gasteiger partial charge is 0.356 e. The summed E-state index contributed by atoms with van der Waals surface area (Å²) in [6.07, 6.45) is 2.13. The molecule has 0 atom stereocenters. The van der Waals surface area contributed by atoms with E-state index in [1.165, 1.54) is 0 Å². The highest BCUT2D eigenvalue weighted by Crippen LogP contribution is 1.94. The van der Waals surface area contributed by atoms with Crippen LogP contribution in [0.5, 0.6) is 0 Å². The Morgan fingerprint density at radius 2 is 1.87 bits per heavy atom. The van der Waals surface area contributed by atoms with Crippen LogP contribution in [0.2, 0.25) is 0 Å². The van der Waals surface area contributed by atoms with E-state index in [2.05, 4.69) is 17.2 Å². The second kappa shape index (κ2) is 8.03. The lowest BCUT2D eigenvalue weighted by molar-refractivity contribution is -0.121. The molecule has 0 radical (unpaired) electrons. The number of rotatable bonds is 7. The summed E-state index contributed by atoms with van der Waals surface area (Å²) < 4.78 is 0. The van der Waals surface area contributed by atoms with Crippen molar-refractivity contribution >= 4 is 11.8 Å². The van der Waals surface area contributed by atoms with Crippen LogP contribution in [0.3, 0.4) is 0 Å². The van der Waals surface area contributed by atoms with Gasteiger partial charge in [0.05, 0.1) is 0 Å². The predicted molar refractivity (Wildman–Crippen MR) is 60.4 cm³/mol. The van der Waals surface area contributed by atoms with Crippen molar-refractivity contribution in [3.05, 3.63) is 12.2 Å². The molecule has 0 spiro atoms. The third-order valence-electron chi connectivity index (χ3n) is 1.88. The van der Waals surface area contributed by atoms with Crippen LogP contribution >= 0.6 is 0 Å². The van der Waals surface area contributed by atoms with Crippen molar-refractivity contribution in [1.29, 1.82) is 0 Å². The van der Waals surface area contributed by atoms with Crippen LogP contribution in [0.15, 0.2) is 12.2 Å². The van der Waals surface area contributed by atoms with Crippen LogP contribution < -0.4 is 10.6 Å². The molecule has 0 unspecified atom stereocenters. The molecule has 0 heterocycles. The molecule has 0 rings (SSSR count). The Balaban J connectivity index is 3.36. The Bertz CT molecular complexity index is 237. The molecule has 0 aromatic heterocycles. The van der Waals surface area contributed by atoms with Crippen LogP contribution in [0.4, 0.5) is 0 Å². The minimum Gasteiger partial charge on any atom is -0.356 e. The van der Waals surface area contributed by atoms with Gasteiger partial charge in [-0.15, -0.1) is 0 Å². The summed E-state index contributed by atoms with van der Waals surface area (Å²) in [6.45, 7) is 8.37.